The van der Waals surface area contributed by atoms with E-state index in [2.05, 4.69) is 41.0 Å². The van der Waals surface area contributed by atoms with Crippen molar-refractivity contribution in [2.24, 2.45) is 5.92 Å². The van der Waals surface area contributed by atoms with Crippen molar-refractivity contribution in [3.63, 3.8) is 0 Å². The molecule has 1 fully saturated rings. The number of likely N-dealkylation sites (N-methyl/N-ethyl adjacent to an activating group) is 1. The summed E-state index contributed by atoms with van der Waals surface area (Å²) in [5, 5.41) is 2.91. The molecule has 1 aromatic rings. The van der Waals surface area contributed by atoms with Crippen LogP contribution in [-0.2, 0) is 4.79 Å². The zero-order chi connectivity index (χ0) is 15.2. The number of nitrogens with one attached hydrogen (secondary N) is 1. The Bertz CT molecular complexity index is 450. The molecule has 21 heavy (non-hydrogen) atoms. The van der Waals surface area contributed by atoms with Crippen molar-refractivity contribution in [1.29, 1.82) is 0 Å². The fraction of sp³-hybridized carbons (Fsp3) is 0.625. The van der Waals surface area contributed by atoms with E-state index in [-0.39, 0.29) is 5.91 Å². The van der Waals surface area contributed by atoms with Crippen molar-refractivity contribution < 1.29 is 4.79 Å². The molecule has 1 saturated heterocycles. The molecule has 5 nitrogen and oxygen atoms in total. The topological polar surface area (TPSA) is 48.5 Å². The average molecular weight is 290 g/mol. The Morgan fingerprint density at radius 2 is 2.00 bits per heavy atom. The van der Waals surface area contributed by atoms with Crippen LogP contribution in [0.2, 0.25) is 0 Å². The van der Waals surface area contributed by atoms with Crippen LogP contribution >= 0.6 is 0 Å². The van der Waals surface area contributed by atoms with Gasteiger partial charge in [0.25, 0.3) is 0 Å². The summed E-state index contributed by atoms with van der Waals surface area (Å²) in [5.41, 5.74) is 0.779. The highest BCUT2D eigenvalue weighted by molar-refractivity contribution is 5.90. The van der Waals surface area contributed by atoms with Gasteiger partial charge in [0.15, 0.2) is 0 Å². The van der Waals surface area contributed by atoms with Crippen LogP contribution in [0.3, 0.4) is 0 Å². The third-order valence-corrected chi connectivity index (χ3v) is 3.81. The number of rotatable bonds is 5. The molecule has 0 atom stereocenters. The van der Waals surface area contributed by atoms with E-state index in [4.69, 9.17) is 0 Å². The van der Waals surface area contributed by atoms with Gasteiger partial charge in [-0.1, -0.05) is 13.8 Å². The summed E-state index contributed by atoms with van der Waals surface area (Å²) >= 11 is 0. The Morgan fingerprint density at radius 3 is 2.57 bits per heavy atom. The van der Waals surface area contributed by atoms with Crippen LogP contribution in [-0.4, -0.2) is 49.0 Å². The minimum absolute atomic E-state index is 0.0675. The first kappa shape index (κ1) is 15.8. The fourth-order valence-corrected chi connectivity index (χ4v) is 2.33. The van der Waals surface area contributed by atoms with Gasteiger partial charge >= 0.3 is 0 Å². The summed E-state index contributed by atoms with van der Waals surface area (Å²) < 4.78 is 0. The summed E-state index contributed by atoms with van der Waals surface area (Å²) in [7, 11) is 2.14. The van der Waals surface area contributed by atoms with E-state index < -0.39 is 0 Å². The Morgan fingerprint density at radius 1 is 1.29 bits per heavy atom. The van der Waals surface area contributed by atoms with Crippen molar-refractivity contribution in [2.45, 2.75) is 26.7 Å². The van der Waals surface area contributed by atoms with Crippen molar-refractivity contribution in [3.05, 3.63) is 18.3 Å². The lowest BCUT2D eigenvalue weighted by atomic mass is 10.1. The molecule has 5 heteroatoms. The second-order valence-corrected chi connectivity index (χ2v) is 6.18. The average Bonchev–Trinajstić information content (AvgIpc) is 2.47. The van der Waals surface area contributed by atoms with E-state index in [9.17, 15) is 4.79 Å². The molecule has 0 saturated carbocycles. The summed E-state index contributed by atoms with van der Waals surface area (Å²) in [6.07, 6.45) is 3.23. The number of carbonyl (C=O) groups is 1. The van der Waals surface area contributed by atoms with Gasteiger partial charge in [0, 0.05) is 32.6 Å². The Balaban J connectivity index is 1.85. The number of hydrogen-bond acceptors (Lipinski definition) is 4. The van der Waals surface area contributed by atoms with Crippen molar-refractivity contribution >= 4 is 17.4 Å². The largest absolute Gasteiger partial charge is 0.354 e. The molecule has 0 radical (unpaired) electrons. The Labute approximate surface area is 127 Å². The molecule has 1 amide bonds. The first-order chi connectivity index (χ1) is 10.0. The lowest BCUT2D eigenvalue weighted by Gasteiger charge is -2.33. The van der Waals surface area contributed by atoms with Crippen molar-refractivity contribution in [1.82, 2.24) is 9.88 Å². The molecule has 0 bridgehead atoms. The highest BCUT2D eigenvalue weighted by Gasteiger charge is 2.15. The van der Waals surface area contributed by atoms with Gasteiger partial charge in [-0.3, -0.25) is 4.79 Å². The van der Waals surface area contributed by atoms with E-state index in [1.807, 2.05) is 12.1 Å². The van der Waals surface area contributed by atoms with Crippen molar-refractivity contribution in [3.8, 4) is 0 Å². The van der Waals surface area contributed by atoms with Crippen LogP contribution in [0.1, 0.15) is 26.7 Å². The zero-order valence-electron chi connectivity index (χ0n) is 13.3. The van der Waals surface area contributed by atoms with Gasteiger partial charge in [-0.15, -0.1) is 0 Å². The number of hydrogen-bond donors (Lipinski definition) is 1. The van der Waals surface area contributed by atoms with Gasteiger partial charge in [0.05, 0.1) is 11.9 Å². The van der Waals surface area contributed by atoms with Crippen LogP contribution in [0.25, 0.3) is 0 Å². The lowest BCUT2D eigenvalue weighted by Crippen LogP contribution is -2.44. The summed E-state index contributed by atoms with van der Waals surface area (Å²) in [4.78, 5) is 20.9. The molecule has 1 aliphatic heterocycles. The predicted molar refractivity (Wildman–Crippen MR) is 86.6 cm³/mol. The van der Waals surface area contributed by atoms with Crippen molar-refractivity contribution in [2.75, 3.05) is 43.4 Å². The van der Waals surface area contributed by atoms with Crippen LogP contribution in [0.15, 0.2) is 18.3 Å². The maximum Gasteiger partial charge on any atom is 0.224 e. The van der Waals surface area contributed by atoms with Crippen LogP contribution in [0, 0.1) is 5.92 Å². The molecule has 0 unspecified atom stereocenters. The lowest BCUT2D eigenvalue weighted by molar-refractivity contribution is -0.116. The van der Waals surface area contributed by atoms with Crippen LogP contribution in [0.4, 0.5) is 11.5 Å². The number of aromatic nitrogens is 1. The second-order valence-electron chi connectivity index (χ2n) is 6.18. The Kier molecular flexibility index (Phi) is 5.56. The molecular formula is C16H26N4O. The highest BCUT2D eigenvalue weighted by Crippen LogP contribution is 2.16. The van der Waals surface area contributed by atoms with Crippen LogP contribution < -0.4 is 10.2 Å². The maximum absolute atomic E-state index is 11.8. The minimum atomic E-state index is 0.0675. The molecule has 2 rings (SSSR count). The second kappa shape index (κ2) is 7.41. The standard InChI is InChI=1S/C16H26N4O/c1-13(2)4-7-16(21)18-14-5-6-15(17-12-14)20-10-8-19(3)9-11-20/h5-6,12-13H,4,7-11H2,1-3H3,(H,18,21). The summed E-state index contributed by atoms with van der Waals surface area (Å²) in [6, 6.07) is 3.93. The normalized spacial score (nSPS) is 16.3. The first-order valence-electron chi connectivity index (χ1n) is 7.74. The number of nitrogens with zero attached hydrogens (tertiary/aromatic N) is 3. The van der Waals surface area contributed by atoms with E-state index in [1.165, 1.54) is 0 Å². The van der Waals surface area contributed by atoms with Gasteiger partial charge in [-0.05, 0) is 31.5 Å². The predicted octanol–water partition coefficient (Wildman–Crippen LogP) is 2.21. The van der Waals surface area contributed by atoms with Gasteiger partial charge in [-0.2, -0.15) is 0 Å². The van der Waals surface area contributed by atoms with E-state index in [0.717, 1.165) is 44.1 Å². The molecule has 1 N–H and O–H groups in total. The third-order valence-electron chi connectivity index (χ3n) is 3.81. The van der Waals surface area contributed by atoms with Crippen LogP contribution in [0.5, 0.6) is 0 Å². The molecule has 0 aliphatic carbocycles. The highest BCUT2D eigenvalue weighted by atomic mass is 16.1. The molecule has 2 heterocycles. The number of piperazine rings is 1. The Hall–Kier alpha value is -1.62. The van der Waals surface area contributed by atoms with Gasteiger partial charge in [0.2, 0.25) is 5.91 Å². The fourth-order valence-electron chi connectivity index (χ4n) is 2.33. The smallest absolute Gasteiger partial charge is 0.224 e. The first-order valence-corrected chi connectivity index (χ1v) is 7.74. The summed E-state index contributed by atoms with van der Waals surface area (Å²) in [6.45, 7) is 8.39. The van der Waals surface area contributed by atoms with E-state index >= 15 is 0 Å². The van der Waals surface area contributed by atoms with Gasteiger partial charge in [-0.25, -0.2) is 4.98 Å². The van der Waals surface area contributed by atoms with Gasteiger partial charge in [0.1, 0.15) is 5.82 Å². The quantitative estimate of drug-likeness (QED) is 0.903. The number of carbonyl (C=O) groups excluding carboxylic acids is 1. The maximum atomic E-state index is 11.8. The SMILES string of the molecule is CC(C)CCC(=O)Nc1ccc(N2CCN(C)CC2)nc1. The molecular weight excluding hydrogens is 264 g/mol. The number of anilines is 2. The zero-order valence-corrected chi connectivity index (χ0v) is 13.3. The molecule has 1 aliphatic rings. The number of pyridine rings is 1. The molecule has 1 aromatic heterocycles. The number of amides is 1. The third kappa shape index (κ3) is 5.01. The molecule has 0 spiro atoms. The molecule has 0 aromatic carbocycles. The molecule has 116 valence electrons. The monoisotopic (exact) mass is 290 g/mol. The van der Waals surface area contributed by atoms with E-state index in [1.54, 1.807) is 6.20 Å². The van der Waals surface area contributed by atoms with E-state index in [0.29, 0.717) is 12.3 Å². The van der Waals surface area contributed by atoms with Gasteiger partial charge < -0.3 is 15.1 Å². The summed E-state index contributed by atoms with van der Waals surface area (Å²) in [5.74, 6) is 1.61. The minimum Gasteiger partial charge on any atom is -0.354 e.